The van der Waals surface area contributed by atoms with Gasteiger partial charge in [-0.25, -0.2) is 4.79 Å². The summed E-state index contributed by atoms with van der Waals surface area (Å²) in [6, 6.07) is 6.91. The van der Waals surface area contributed by atoms with Gasteiger partial charge in [0.15, 0.2) is 0 Å². The number of aliphatic imine (C=N–C) groups is 1. The van der Waals surface area contributed by atoms with E-state index in [9.17, 15) is 9.59 Å². The van der Waals surface area contributed by atoms with Gasteiger partial charge in [-0.3, -0.25) is 4.79 Å². The van der Waals surface area contributed by atoms with E-state index >= 15 is 0 Å². The quantitative estimate of drug-likeness (QED) is 0.533. The predicted molar refractivity (Wildman–Crippen MR) is 48.3 cm³/mol. The van der Waals surface area contributed by atoms with Crippen LogP contribution in [0.4, 0.5) is 0 Å². The second-order valence-electron chi connectivity index (χ2n) is 2.37. The molecule has 0 fully saturated rings. The Bertz CT molecular complexity index is 370. The molecule has 3 nitrogen and oxygen atoms in total. The molecule has 1 aromatic carbocycles. The van der Waals surface area contributed by atoms with Gasteiger partial charge in [-0.2, -0.15) is 0 Å². The molecule has 66 valence electrons. The first-order chi connectivity index (χ1) is 6.24. The molecule has 0 saturated heterocycles. The first-order valence-corrected chi connectivity index (χ1v) is 3.96. The molecule has 1 amide bonds. The van der Waals surface area contributed by atoms with E-state index in [0.29, 0.717) is 10.6 Å². The molecule has 0 unspecified atom stereocenters. The zero-order chi connectivity index (χ0) is 9.68. The third kappa shape index (κ3) is 2.82. The molecule has 1 rings (SSSR count). The van der Waals surface area contributed by atoms with Crippen LogP contribution in [0.1, 0.15) is 5.56 Å². The lowest BCUT2D eigenvalue weighted by Gasteiger charge is -1.98. The molecule has 0 aliphatic carbocycles. The predicted octanol–water partition coefficient (Wildman–Crippen LogP) is 1.74. The maximum absolute atomic E-state index is 10.9. The Morgan fingerprint density at radius 1 is 1.46 bits per heavy atom. The Morgan fingerprint density at radius 2 is 2.15 bits per heavy atom. The summed E-state index contributed by atoms with van der Waals surface area (Å²) in [5.74, 6) is -0.539. The lowest BCUT2D eigenvalue weighted by Crippen LogP contribution is -1.98. The average molecular weight is 196 g/mol. The molecular formula is C9H6ClNO2. The molecule has 0 saturated carbocycles. The van der Waals surface area contributed by atoms with E-state index in [2.05, 4.69) is 4.99 Å². The molecule has 0 N–H and O–H groups in total. The van der Waals surface area contributed by atoms with Gasteiger partial charge in [0.05, 0.1) is 6.42 Å². The fourth-order valence-electron chi connectivity index (χ4n) is 0.895. The van der Waals surface area contributed by atoms with Crippen LogP contribution in [0, 0.1) is 0 Å². The SMILES string of the molecule is O=C=NC(=O)Cc1ccccc1Cl. The first kappa shape index (κ1) is 9.65. The lowest BCUT2D eigenvalue weighted by molar-refractivity contribution is -0.117. The van der Waals surface area contributed by atoms with Crippen LogP contribution < -0.4 is 0 Å². The number of nitrogens with zero attached hydrogens (tertiary/aromatic N) is 1. The maximum atomic E-state index is 10.9. The molecule has 0 aromatic heterocycles. The number of benzene rings is 1. The second kappa shape index (κ2) is 4.55. The van der Waals surface area contributed by atoms with Crippen LogP contribution in [0.2, 0.25) is 5.02 Å². The van der Waals surface area contributed by atoms with Gasteiger partial charge in [0.2, 0.25) is 6.08 Å². The Kier molecular flexibility index (Phi) is 3.38. The topological polar surface area (TPSA) is 46.5 Å². The number of isocyanates is 1. The number of hydrogen-bond donors (Lipinski definition) is 0. The Balaban J connectivity index is 2.80. The highest BCUT2D eigenvalue weighted by Gasteiger charge is 2.04. The highest BCUT2D eigenvalue weighted by atomic mass is 35.5. The summed E-state index contributed by atoms with van der Waals surface area (Å²) in [6.07, 6.45) is 1.23. The third-order valence-corrected chi connectivity index (χ3v) is 1.84. The number of halogens is 1. The number of amides is 1. The molecule has 0 heterocycles. The molecule has 13 heavy (non-hydrogen) atoms. The summed E-state index contributed by atoms with van der Waals surface area (Å²) in [5, 5.41) is 0.497. The van der Waals surface area contributed by atoms with Crippen LogP contribution in [-0.2, 0) is 16.0 Å². The zero-order valence-corrected chi connectivity index (χ0v) is 7.41. The van der Waals surface area contributed by atoms with Crippen molar-refractivity contribution < 1.29 is 9.59 Å². The average Bonchev–Trinajstić information content (AvgIpc) is 2.09. The molecule has 4 heteroatoms. The maximum Gasteiger partial charge on any atom is 0.260 e. The minimum absolute atomic E-state index is 0.0366. The normalized spacial score (nSPS) is 9.00. The van der Waals surface area contributed by atoms with Gasteiger partial charge in [-0.15, -0.1) is 4.99 Å². The standard InChI is InChI=1S/C9H6ClNO2/c10-8-4-2-1-3-7(8)5-9(13)11-6-12/h1-4H,5H2. The summed E-state index contributed by atoms with van der Waals surface area (Å²) in [5.41, 5.74) is 0.660. The minimum atomic E-state index is -0.539. The number of rotatable bonds is 2. The number of hydrogen-bond acceptors (Lipinski definition) is 2. The number of carbonyl (C=O) groups excluding carboxylic acids is 2. The van der Waals surface area contributed by atoms with E-state index in [0.717, 1.165) is 0 Å². The largest absolute Gasteiger partial charge is 0.271 e. The van der Waals surface area contributed by atoms with E-state index in [1.807, 2.05) is 0 Å². The Hall–Kier alpha value is -1.44. The van der Waals surface area contributed by atoms with E-state index in [-0.39, 0.29) is 6.42 Å². The minimum Gasteiger partial charge on any atom is -0.271 e. The highest BCUT2D eigenvalue weighted by Crippen LogP contribution is 2.15. The molecule has 0 radical (unpaired) electrons. The van der Waals surface area contributed by atoms with Crippen LogP contribution in [0.3, 0.4) is 0 Å². The molecule has 0 bridgehead atoms. The highest BCUT2D eigenvalue weighted by molar-refractivity contribution is 6.31. The van der Waals surface area contributed by atoms with Crippen molar-refractivity contribution >= 4 is 23.6 Å². The van der Waals surface area contributed by atoms with Gasteiger partial charge in [0, 0.05) is 5.02 Å². The summed E-state index contributed by atoms with van der Waals surface area (Å²) in [6.45, 7) is 0. The second-order valence-corrected chi connectivity index (χ2v) is 2.77. The molecule has 0 atom stereocenters. The Labute approximate surface area is 80.0 Å². The summed E-state index contributed by atoms with van der Waals surface area (Å²) in [7, 11) is 0. The molecule has 0 aliphatic rings. The van der Waals surface area contributed by atoms with Crippen molar-refractivity contribution in [3.05, 3.63) is 34.9 Å². The van der Waals surface area contributed by atoms with Crippen molar-refractivity contribution in [1.82, 2.24) is 0 Å². The summed E-state index contributed by atoms with van der Waals surface area (Å²) in [4.78, 5) is 23.6. The summed E-state index contributed by atoms with van der Waals surface area (Å²) >= 11 is 5.78. The molecule has 0 spiro atoms. The van der Waals surface area contributed by atoms with Gasteiger partial charge < -0.3 is 0 Å². The van der Waals surface area contributed by atoms with Crippen molar-refractivity contribution in [2.75, 3.05) is 0 Å². The first-order valence-electron chi connectivity index (χ1n) is 3.58. The van der Waals surface area contributed by atoms with Crippen LogP contribution >= 0.6 is 11.6 Å². The lowest BCUT2D eigenvalue weighted by atomic mass is 10.1. The molecular weight excluding hydrogens is 190 g/mol. The monoisotopic (exact) mass is 195 g/mol. The van der Waals surface area contributed by atoms with Gasteiger partial charge in [0.25, 0.3) is 5.91 Å². The van der Waals surface area contributed by atoms with Gasteiger partial charge in [-0.05, 0) is 11.6 Å². The molecule has 0 aliphatic heterocycles. The van der Waals surface area contributed by atoms with E-state index in [1.54, 1.807) is 24.3 Å². The van der Waals surface area contributed by atoms with E-state index in [4.69, 9.17) is 11.6 Å². The van der Waals surface area contributed by atoms with Crippen molar-refractivity contribution in [1.29, 1.82) is 0 Å². The van der Waals surface area contributed by atoms with Crippen molar-refractivity contribution in [3.8, 4) is 0 Å². The van der Waals surface area contributed by atoms with Gasteiger partial charge in [0.1, 0.15) is 0 Å². The third-order valence-electron chi connectivity index (χ3n) is 1.47. The smallest absolute Gasteiger partial charge is 0.260 e. The fraction of sp³-hybridized carbons (Fsp3) is 0.111. The van der Waals surface area contributed by atoms with Crippen molar-refractivity contribution in [2.24, 2.45) is 4.99 Å². The van der Waals surface area contributed by atoms with Crippen molar-refractivity contribution in [3.63, 3.8) is 0 Å². The summed E-state index contributed by atoms with van der Waals surface area (Å²) < 4.78 is 0. The van der Waals surface area contributed by atoms with Crippen LogP contribution in [0.15, 0.2) is 29.3 Å². The fourth-order valence-corrected chi connectivity index (χ4v) is 1.10. The van der Waals surface area contributed by atoms with E-state index in [1.165, 1.54) is 6.08 Å². The zero-order valence-electron chi connectivity index (χ0n) is 6.66. The van der Waals surface area contributed by atoms with E-state index < -0.39 is 5.91 Å². The van der Waals surface area contributed by atoms with Crippen LogP contribution in [0.5, 0.6) is 0 Å². The van der Waals surface area contributed by atoms with Gasteiger partial charge >= 0.3 is 0 Å². The number of carbonyl (C=O) groups is 1. The molecule has 1 aromatic rings. The van der Waals surface area contributed by atoms with Crippen molar-refractivity contribution in [2.45, 2.75) is 6.42 Å². The van der Waals surface area contributed by atoms with Crippen LogP contribution in [0.25, 0.3) is 0 Å². The van der Waals surface area contributed by atoms with Gasteiger partial charge in [-0.1, -0.05) is 29.8 Å². The van der Waals surface area contributed by atoms with Crippen LogP contribution in [-0.4, -0.2) is 12.0 Å². The Morgan fingerprint density at radius 3 is 2.77 bits per heavy atom.